The quantitative estimate of drug-likeness (QED) is 0.454. The predicted octanol–water partition coefficient (Wildman–Crippen LogP) is 5.02. The number of aromatic nitrogens is 1. The number of halogens is 3. The molecular weight excluding hydrogens is 527 g/mol. The molecule has 0 N–H and O–H groups in total. The number of likely N-dealkylation sites (tertiary alicyclic amines) is 1. The molecule has 0 bridgehead atoms. The van der Waals surface area contributed by atoms with E-state index in [1.807, 2.05) is 12.1 Å². The summed E-state index contributed by atoms with van der Waals surface area (Å²) >= 11 is 1.41. The lowest BCUT2D eigenvalue weighted by Crippen LogP contribution is -2.48. The fourth-order valence-corrected chi connectivity index (χ4v) is 6.03. The number of carbonyl (C=O) groups excluding carboxylic acids is 2. The van der Waals surface area contributed by atoms with Gasteiger partial charge in [-0.2, -0.15) is 18.4 Å². The third-order valence-electron chi connectivity index (χ3n) is 7.26. The molecule has 2 aromatic carbocycles. The molecule has 2 fully saturated rings. The molecule has 3 heterocycles. The smallest absolute Gasteiger partial charge is 0.368 e. The number of nitriles is 1. The van der Waals surface area contributed by atoms with Crippen LogP contribution < -0.4 is 4.90 Å². The average molecular weight is 554 g/mol. The lowest BCUT2D eigenvalue weighted by molar-refractivity contribution is -0.138. The zero-order valence-electron chi connectivity index (χ0n) is 21.0. The second-order valence-electron chi connectivity index (χ2n) is 9.62. The third kappa shape index (κ3) is 5.76. The summed E-state index contributed by atoms with van der Waals surface area (Å²) < 4.78 is 40.1. The first-order valence-electron chi connectivity index (χ1n) is 12.7. The fraction of sp³-hybridized carbons (Fsp3) is 0.357. The number of alkyl halides is 3. The van der Waals surface area contributed by atoms with E-state index in [1.54, 1.807) is 22.4 Å². The van der Waals surface area contributed by atoms with Crippen molar-refractivity contribution >= 4 is 28.8 Å². The van der Waals surface area contributed by atoms with Crippen molar-refractivity contribution in [2.24, 2.45) is 0 Å². The van der Waals surface area contributed by atoms with Gasteiger partial charge in [0, 0.05) is 56.3 Å². The van der Waals surface area contributed by atoms with Crippen LogP contribution in [0.25, 0.3) is 0 Å². The number of anilines is 1. The van der Waals surface area contributed by atoms with Crippen molar-refractivity contribution in [3.05, 3.63) is 81.3 Å². The number of thiazole rings is 1. The minimum absolute atomic E-state index is 0.0479. The monoisotopic (exact) mass is 553 g/mol. The molecule has 2 aliphatic rings. The molecule has 2 saturated heterocycles. The van der Waals surface area contributed by atoms with Gasteiger partial charge >= 0.3 is 6.18 Å². The summed E-state index contributed by atoms with van der Waals surface area (Å²) in [6.45, 7) is 3.14. The zero-order valence-corrected chi connectivity index (χ0v) is 21.8. The fourth-order valence-electron chi connectivity index (χ4n) is 5.07. The summed E-state index contributed by atoms with van der Waals surface area (Å²) in [5.41, 5.74) is 0.780. The SMILES string of the molecule is N#Cc1ccc(N2CCN(C(=O)c3csc(C4CCN(C(=O)c5ccccc5C(F)(F)F)CC4)n3)CC2)cc1. The maximum absolute atomic E-state index is 13.4. The standard InChI is InChI=1S/C28H26F3N5O2S/c29-28(30,31)23-4-2-1-3-22(23)26(37)35-11-9-20(10-12-35)25-33-24(18-39-25)27(38)36-15-13-34(14-16-36)21-7-5-19(17-32)6-8-21/h1-8,18,20H,9-16H2. The summed E-state index contributed by atoms with van der Waals surface area (Å²) in [5.74, 6) is -0.684. The largest absolute Gasteiger partial charge is 0.417 e. The van der Waals surface area contributed by atoms with Crippen molar-refractivity contribution in [3.63, 3.8) is 0 Å². The van der Waals surface area contributed by atoms with Crippen LogP contribution in [-0.2, 0) is 6.18 Å². The molecule has 0 aliphatic carbocycles. The number of rotatable bonds is 4. The van der Waals surface area contributed by atoms with E-state index in [9.17, 15) is 22.8 Å². The number of hydrogen-bond donors (Lipinski definition) is 0. The van der Waals surface area contributed by atoms with Crippen LogP contribution in [0.1, 0.15) is 55.7 Å². The van der Waals surface area contributed by atoms with Gasteiger partial charge in [-0.1, -0.05) is 12.1 Å². The highest BCUT2D eigenvalue weighted by molar-refractivity contribution is 7.09. The molecule has 11 heteroatoms. The summed E-state index contributed by atoms with van der Waals surface area (Å²) in [6.07, 6.45) is -3.45. The second-order valence-corrected chi connectivity index (χ2v) is 10.5. The average Bonchev–Trinajstić information content (AvgIpc) is 3.47. The van der Waals surface area contributed by atoms with E-state index in [2.05, 4.69) is 16.0 Å². The van der Waals surface area contributed by atoms with E-state index in [-0.39, 0.29) is 17.4 Å². The van der Waals surface area contributed by atoms with Crippen LogP contribution in [0.5, 0.6) is 0 Å². The number of nitrogens with zero attached hydrogens (tertiary/aromatic N) is 5. The van der Waals surface area contributed by atoms with Crippen LogP contribution in [0.4, 0.5) is 18.9 Å². The van der Waals surface area contributed by atoms with E-state index in [4.69, 9.17) is 5.26 Å². The normalized spacial score (nSPS) is 16.7. The molecule has 0 unspecified atom stereocenters. The van der Waals surface area contributed by atoms with Crippen LogP contribution in [0.2, 0.25) is 0 Å². The van der Waals surface area contributed by atoms with Crippen molar-refractivity contribution in [3.8, 4) is 6.07 Å². The van der Waals surface area contributed by atoms with E-state index < -0.39 is 17.6 Å². The molecule has 0 atom stereocenters. The van der Waals surface area contributed by atoms with Gasteiger partial charge < -0.3 is 14.7 Å². The second kappa shape index (κ2) is 11.1. The Morgan fingerprint density at radius 2 is 1.54 bits per heavy atom. The molecule has 0 saturated carbocycles. The first-order chi connectivity index (χ1) is 18.7. The molecule has 2 aliphatic heterocycles. The highest BCUT2D eigenvalue weighted by Gasteiger charge is 2.37. The molecular formula is C28H26F3N5O2S. The Hall–Kier alpha value is -3.91. The van der Waals surface area contributed by atoms with Gasteiger partial charge in [0.05, 0.1) is 27.8 Å². The molecule has 0 radical (unpaired) electrons. The van der Waals surface area contributed by atoms with Gasteiger partial charge in [-0.3, -0.25) is 9.59 Å². The van der Waals surface area contributed by atoms with Crippen molar-refractivity contribution in [1.82, 2.24) is 14.8 Å². The van der Waals surface area contributed by atoms with Crippen LogP contribution >= 0.6 is 11.3 Å². The van der Waals surface area contributed by atoms with Crippen molar-refractivity contribution in [2.45, 2.75) is 24.9 Å². The third-order valence-corrected chi connectivity index (χ3v) is 8.27. The van der Waals surface area contributed by atoms with E-state index in [0.29, 0.717) is 63.4 Å². The van der Waals surface area contributed by atoms with Crippen molar-refractivity contribution in [1.29, 1.82) is 5.26 Å². The molecule has 0 spiro atoms. The molecule has 5 rings (SSSR count). The van der Waals surface area contributed by atoms with Gasteiger partial charge in [0.2, 0.25) is 0 Å². The molecule has 202 valence electrons. The first kappa shape index (κ1) is 26.7. The molecule has 7 nitrogen and oxygen atoms in total. The zero-order chi connectivity index (χ0) is 27.6. The highest BCUT2D eigenvalue weighted by atomic mass is 32.1. The van der Waals surface area contributed by atoms with Crippen molar-refractivity contribution in [2.75, 3.05) is 44.2 Å². The number of hydrogen-bond acceptors (Lipinski definition) is 6. The van der Waals surface area contributed by atoms with E-state index in [0.717, 1.165) is 16.8 Å². The molecule has 3 aromatic rings. The Labute approximate surface area is 228 Å². The van der Waals surface area contributed by atoms with Gasteiger partial charge in [-0.15, -0.1) is 11.3 Å². The maximum Gasteiger partial charge on any atom is 0.417 e. The number of piperazine rings is 1. The van der Waals surface area contributed by atoms with Gasteiger partial charge in [0.15, 0.2) is 0 Å². The Morgan fingerprint density at radius 3 is 2.18 bits per heavy atom. The van der Waals surface area contributed by atoms with Crippen LogP contribution in [0.3, 0.4) is 0 Å². The summed E-state index contributed by atoms with van der Waals surface area (Å²) in [7, 11) is 0. The van der Waals surface area contributed by atoms with Crippen LogP contribution in [-0.4, -0.2) is 65.9 Å². The lowest BCUT2D eigenvalue weighted by Gasteiger charge is -2.35. The maximum atomic E-state index is 13.4. The summed E-state index contributed by atoms with van der Waals surface area (Å²) in [4.78, 5) is 36.0. The molecule has 39 heavy (non-hydrogen) atoms. The number of benzene rings is 2. The van der Waals surface area contributed by atoms with E-state index >= 15 is 0 Å². The van der Waals surface area contributed by atoms with Gasteiger partial charge in [0.25, 0.3) is 11.8 Å². The van der Waals surface area contributed by atoms with Gasteiger partial charge in [-0.05, 0) is 49.2 Å². The van der Waals surface area contributed by atoms with Crippen LogP contribution in [0, 0.1) is 11.3 Å². The Morgan fingerprint density at radius 1 is 0.897 bits per heavy atom. The number of carbonyl (C=O) groups is 2. The van der Waals surface area contributed by atoms with Gasteiger partial charge in [-0.25, -0.2) is 4.98 Å². The van der Waals surface area contributed by atoms with Gasteiger partial charge in [0.1, 0.15) is 5.69 Å². The summed E-state index contributed by atoms with van der Waals surface area (Å²) in [6, 6.07) is 14.4. The first-order valence-corrected chi connectivity index (χ1v) is 13.6. The highest BCUT2D eigenvalue weighted by Crippen LogP contribution is 2.35. The Bertz CT molecular complexity index is 1380. The van der Waals surface area contributed by atoms with Crippen molar-refractivity contribution < 1.29 is 22.8 Å². The molecule has 2 amide bonds. The van der Waals surface area contributed by atoms with E-state index in [1.165, 1.54) is 34.4 Å². The lowest BCUT2D eigenvalue weighted by atomic mass is 9.96. The minimum atomic E-state index is -4.59. The Kier molecular flexibility index (Phi) is 7.57. The predicted molar refractivity (Wildman–Crippen MR) is 141 cm³/mol. The van der Waals surface area contributed by atoms with Crippen LogP contribution in [0.15, 0.2) is 53.9 Å². The minimum Gasteiger partial charge on any atom is -0.368 e. The Balaban J connectivity index is 1.16. The molecule has 1 aromatic heterocycles. The number of amides is 2. The summed E-state index contributed by atoms with van der Waals surface area (Å²) in [5, 5.41) is 11.6. The number of piperidine rings is 1. The topological polar surface area (TPSA) is 80.5 Å².